The highest BCUT2D eigenvalue weighted by atomic mass is 16.5. The number of hydrogen-bond donors (Lipinski definition) is 3. The van der Waals surface area contributed by atoms with Crippen molar-refractivity contribution >= 4 is 23.4 Å². The first-order valence-electron chi connectivity index (χ1n) is 9.10. The Labute approximate surface area is 164 Å². The molecule has 3 amide bonds. The number of nitrogens with one attached hydrogen (secondary N) is 3. The van der Waals surface area contributed by atoms with Crippen LogP contribution in [-0.2, 0) is 9.53 Å². The molecule has 0 atom stereocenters. The van der Waals surface area contributed by atoms with Crippen LogP contribution in [0.4, 0.5) is 5.69 Å². The number of amides is 3. The van der Waals surface area contributed by atoms with Crippen LogP contribution in [0.1, 0.15) is 33.2 Å². The summed E-state index contributed by atoms with van der Waals surface area (Å²) in [7, 11) is 0. The maximum Gasteiger partial charge on any atom is 0.255 e. The van der Waals surface area contributed by atoms with E-state index in [1.807, 2.05) is 26.0 Å². The van der Waals surface area contributed by atoms with Gasteiger partial charge in [0.05, 0.1) is 0 Å². The molecule has 28 heavy (non-hydrogen) atoms. The van der Waals surface area contributed by atoms with Gasteiger partial charge in [-0.3, -0.25) is 14.4 Å². The summed E-state index contributed by atoms with van der Waals surface area (Å²) in [6.45, 7) is 4.89. The summed E-state index contributed by atoms with van der Waals surface area (Å²) in [6.07, 6.45) is 0. The van der Waals surface area contributed by atoms with Gasteiger partial charge in [-0.15, -0.1) is 0 Å². The topological polar surface area (TPSA) is 96.5 Å². The van der Waals surface area contributed by atoms with Crippen molar-refractivity contribution in [3.05, 3.63) is 65.2 Å². The molecule has 2 aromatic carbocycles. The molecule has 0 unspecified atom stereocenters. The lowest BCUT2D eigenvalue weighted by atomic mass is 10.1. The molecule has 0 fully saturated rings. The van der Waals surface area contributed by atoms with Gasteiger partial charge in [0.15, 0.2) is 0 Å². The Morgan fingerprint density at radius 3 is 2.04 bits per heavy atom. The zero-order valence-corrected chi connectivity index (χ0v) is 16.1. The van der Waals surface area contributed by atoms with Gasteiger partial charge >= 0.3 is 0 Å². The largest absolute Gasteiger partial charge is 0.372 e. The van der Waals surface area contributed by atoms with Crippen molar-refractivity contribution in [3.63, 3.8) is 0 Å². The molecule has 148 valence electrons. The third-order valence-corrected chi connectivity index (χ3v) is 3.89. The first-order chi connectivity index (χ1) is 13.5. The highest BCUT2D eigenvalue weighted by Gasteiger charge is 2.08. The summed E-state index contributed by atoms with van der Waals surface area (Å²) in [6, 6.07) is 13.9. The Bertz CT molecular complexity index is 801. The fourth-order valence-corrected chi connectivity index (χ4v) is 2.34. The van der Waals surface area contributed by atoms with Gasteiger partial charge in [0.2, 0.25) is 5.91 Å². The Hall–Kier alpha value is -3.19. The maximum absolute atomic E-state index is 12.2. The van der Waals surface area contributed by atoms with E-state index in [1.54, 1.807) is 36.4 Å². The number of carbonyl (C=O) groups is 3. The molecule has 0 aliphatic carbocycles. The second-order valence-electron chi connectivity index (χ2n) is 6.14. The molecule has 2 aromatic rings. The van der Waals surface area contributed by atoms with Gasteiger partial charge in [0, 0.05) is 36.5 Å². The van der Waals surface area contributed by atoms with Crippen molar-refractivity contribution in [2.75, 3.05) is 31.6 Å². The third kappa shape index (κ3) is 6.85. The monoisotopic (exact) mass is 383 g/mol. The van der Waals surface area contributed by atoms with E-state index in [2.05, 4.69) is 16.0 Å². The highest BCUT2D eigenvalue weighted by Crippen LogP contribution is 2.12. The lowest BCUT2D eigenvalue weighted by molar-refractivity contribution is -0.125. The van der Waals surface area contributed by atoms with Gasteiger partial charge in [-0.1, -0.05) is 17.7 Å². The minimum atomic E-state index is -0.254. The van der Waals surface area contributed by atoms with Gasteiger partial charge in [-0.05, 0) is 50.2 Å². The van der Waals surface area contributed by atoms with E-state index in [1.165, 1.54) is 0 Å². The molecule has 3 N–H and O–H groups in total. The molecular formula is C21H25N3O4. The molecule has 2 rings (SSSR count). The van der Waals surface area contributed by atoms with E-state index in [-0.39, 0.29) is 24.3 Å². The molecule has 0 aromatic heterocycles. The van der Waals surface area contributed by atoms with Gasteiger partial charge in [-0.25, -0.2) is 0 Å². The van der Waals surface area contributed by atoms with Gasteiger partial charge in [0.25, 0.3) is 11.8 Å². The van der Waals surface area contributed by atoms with Crippen molar-refractivity contribution in [3.8, 4) is 0 Å². The van der Waals surface area contributed by atoms with E-state index in [9.17, 15) is 14.4 Å². The first-order valence-corrected chi connectivity index (χ1v) is 9.10. The number of benzene rings is 2. The number of hydrogen-bond acceptors (Lipinski definition) is 4. The molecule has 0 saturated carbocycles. The summed E-state index contributed by atoms with van der Waals surface area (Å²) >= 11 is 0. The lowest BCUT2D eigenvalue weighted by Gasteiger charge is -2.09. The second kappa shape index (κ2) is 10.8. The summed E-state index contributed by atoms with van der Waals surface area (Å²) in [5, 5.41) is 8.16. The smallest absolute Gasteiger partial charge is 0.255 e. The van der Waals surface area contributed by atoms with Crippen LogP contribution in [0.2, 0.25) is 0 Å². The average Bonchev–Trinajstić information content (AvgIpc) is 2.70. The van der Waals surface area contributed by atoms with E-state index in [0.29, 0.717) is 36.5 Å². The first kappa shape index (κ1) is 21.1. The van der Waals surface area contributed by atoms with Crippen LogP contribution in [0, 0.1) is 6.92 Å². The van der Waals surface area contributed by atoms with Crippen LogP contribution in [0.3, 0.4) is 0 Å². The molecule has 7 nitrogen and oxygen atoms in total. The van der Waals surface area contributed by atoms with Crippen LogP contribution in [0.25, 0.3) is 0 Å². The standard InChI is InChI=1S/C21H25N3O4/c1-3-28-14-19(25)22-12-13-23-20(26)16-8-10-18(11-9-16)24-21(27)17-6-4-15(2)5-7-17/h4-11H,3,12-14H2,1-2H3,(H,22,25)(H,23,26)(H,24,27). The van der Waals surface area contributed by atoms with Crippen LogP contribution in [-0.4, -0.2) is 44.0 Å². The predicted octanol–water partition coefficient (Wildman–Crippen LogP) is 2.13. The van der Waals surface area contributed by atoms with Crippen molar-refractivity contribution < 1.29 is 19.1 Å². The molecule has 0 spiro atoms. The van der Waals surface area contributed by atoms with E-state index < -0.39 is 0 Å². The molecular weight excluding hydrogens is 358 g/mol. The van der Waals surface area contributed by atoms with Crippen LogP contribution in [0.5, 0.6) is 0 Å². The van der Waals surface area contributed by atoms with E-state index in [4.69, 9.17) is 4.74 Å². The second-order valence-corrected chi connectivity index (χ2v) is 6.14. The van der Waals surface area contributed by atoms with Crippen molar-refractivity contribution in [2.45, 2.75) is 13.8 Å². The Balaban J connectivity index is 1.78. The highest BCUT2D eigenvalue weighted by molar-refractivity contribution is 6.04. The lowest BCUT2D eigenvalue weighted by Crippen LogP contribution is -2.36. The molecule has 7 heteroatoms. The number of anilines is 1. The molecule has 0 heterocycles. The zero-order valence-electron chi connectivity index (χ0n) is 16.1. The van der Waals surface area contributed by atoms with Crippen LogP contribution >= 0.6 is 0 Å². The zero-order chi connectivity index (χ0) is 20.4. The SMILES string of the molecule is CCOCC(=O)NCCNC(=O)c1ccc(NC(=O)c2ccc(C)cc2)cc1. The number of carbonyl (C=O) groups excluding carboxylic acids is 3. The molecule has 0 radical (unpaired) electrons. The fourth-order valence-electron chi connectivity index (χ4n) is 2.34. The average molecular weight is 383 g/mol. The molecule has 0 aliphatic rings. The minimum absolute atomic E-state index is 0.0141. The minimum Gasteiger partial charge on any atom is -0.372 e. The van der Waals surface area contributed by atoms with E-state index in [0.717, 1.165) is 5.56 Å². The third-order valence-electron chi connectivity index (χ3n) is 3.89. The van der Waals surface area contributed by atoms with Gasteiger partial charge in [-0.2, -0.15) is 0 Å². The van der Waals surface area contributed by atoms with Crippen molar-refractivity contribution in [1.82, 2.24) is 10.6 Å². The van der Waals surface area contributed by atoms with Crippen molar-refractivity contribution in [2.24, 2.45) is 0 Å². The van der Waals surface area contributed by atoms with Crippen LogP contribution in [0.15, 0.2) is 48.5 Å². The Morgan fingerprint density at radius 1 is 0.821 bits per heavy atom. The van der Waals surface area contributed by atoms with E-state index >= 15 is 0 Å². The Morgan fingerprint density at radius 2 is 1.39 bits per heavy atom. The summed E-state index contributed by atoms with van der Waals surface area (Å²) in [5.74, 6) is -0.680. The summed E-state index contributed by atoms with van der Waals surface area (Å²) in [5.41, 5.74) is 2.72. The quantitative estimate of drug-likeness (QED) is 0.578. The Kier molecular flexibility index (Phi) is 8.17. The number of rotatable bonds is 9. The van der Waals surface area contributed by atoms with Crippen LogP contribution < -0.4 is 16.0 Å². The van der Waals surface area contributed by atoms with Gasteiger partial charge < -0.3 is 20.7 Å². The molecule has 0 bridgehead atoms. The molecule has 0 saturated heterocycles. The van der Waals surface area contributed by atoms with Gasteiger partial charge in [0.1, 0.15) is 6.61 Å². The summed E-state index contributed by atoms with van der Waals surface area (Å²) < 4.78 is 4.99. The number of aryl methyl sites for hydroxylation is 1. The fraction of sp³-hybridized carbons (Fsp3) is 0.286. The molecule has 0 aliphatic heterocycles. The maximum atomic E-state index is 12.2. The predicted molar refractivity (Wildman–Crippen MR) is 107 cm³/mol. The number of ether oxygens (including phenoxy) is 1. The van der Waals surface area contributed by atoms with Crippen molar-refractivity contribution in [1.29, 1.82) is 0 Å². The normalized spacial score (nSPS) is 10.2. The summed E-state index contributed by atoms with van der Waals surface area (Å²) in [4.78, 5) is 35.7.